The Morgan fingerprint density at radius 1 is 1.13 bits per heavy atom. The molecule has 0 spiro atoms. The van der Waals surface area contributed by atoms with Crippen molar-refractivity contribution >= 4 is 21.4 Å². The van der Waals surface area contributed by atoms with Crippen LogP contribution in [0.15, 0.2) is 36.4 Å². The smallest absolute Gasteiger partial charge is 0.294 e. The predicted octanol–water partition coefficient (Wildman–Crippen LogP) is 0.875. The van der Waals surface area contributed by atoms with Crippen LogP contribution in [0, 0.1) is 10.1 Å². The summed E-state index contributed by atoms with van der Waals surface area (Å²) < 4.78 is 52.9. The number of nitrogens with zero attached hydrogens (tertiary/aromatic N) is 2. The molecule has 0 radical (unpaired) electrons. The number of hydrogen-bond acceptors (Lipinski definition) is 14. The van der Waals surface area contributed by atoms with Crippen LogP contribution in [0.4, 0.5) is 5.69 Å². The number of ether oxygens (including phenoxy) is 5. The zero-order valence-corrected chi connectivity index (χ0v) is 25.5. The van der Waals surface area contributed by atoms with Crippen molar-refractivity contribution in [3.63, 3.8) is 0 Å². The summed E-state index contributed by atoms with van der Waals surface area (Å²) >= 11 is 0. The number of aliphatic hydroxyl groups excluding tert-OH is 2. The van der Waals surface area contributed by atoms with Gasteiger partial charge in [-0.05, 0) is 30.7 Å². The highest BCUT2D eigenvalue weighted by Gasteiger charge is 2.50. The van der Waals surface area contributed by atoms with Crippen LogP contribution in [0.3, 0.4) is 0 Å². The normalized spacial score (nSPS) is 26.6. The van der Waals surface area contributed by atoms with Gasteiger partial charge in [-0.1, -0.05) is 18.2 Å². The molecule has 2 saturated heterocycles. The maximum atomic E-state index is 12.9. The van der Waals surface area contributed by atoms with Gasteiger partial charge in [-0.2, -0.15) is 0 Å². The largest absolute Gasteiger partial charge is 0.493 e. The average Bonchev–Trinajstić information content (AvgIpc) is 3.64. The van der Waals surface area contributed by atoms with Crippen molar-refractivity contribution in [3.05, 3.63) is 63.2 Å². The molecule has 3 heterocycles. The summed E-state index contributed by atoms with van der Waals surface area (Å²) in [4.78, 5) is 29.5. The fraction of sp³-hybridized carbons (Fsp3) is 0.536. The molecule has 3 N–H and O–H groups in total. The molecule has 2 fully saturated rings. The Morgan fingerprint density at radius 3 is 2.51 bits per heavy atom. The van der Waals surface area contributed by atoms with Crippen molar-refractivity contribution in [3.8, 4) is 11.5 Å². The van der Waals surface area contributed by atoms with Crippen LogP contribution in [0.25, 0.3) is 0 Å². The third-order valence-electron chi connectivity index (χ3n) is 7.82. The summed E-state index contributed by atoms with van der Waals surface area (Å²) in [7, 11) is -2.15. The van der Waals surface area contributed by atoms with Gasteiger partial charge in [0.05, 0.1) is 38.7 Å². The predicted molar refractivity (Wildman–Crippen MR) is 155 cm³/mol. The Morgan fingerprint density at radius 2 is 1.84 bits per heavy atom. The molecular formula is C28H35N3O13S. The van der Waals surface area contributed by atoms with Crippen molar-refractivity contribution in [2.24, 2.45) is 0 Å². The Balaban J connectivity index is 1.33. The Kier molecular flexibility index (Phi) is 9.78. The average molecular weight is 654 g/mol. The SMILES string of the molecule is CCOc1cc([C@@H](CS(C)(=O)=O)N2C(O)c3cccc(NC(=O)CO[C@H]4COC5C4OC[C@H]5O[N+](=O)[O-])c3C2O)ccc1OC. The van der Waals surface area contributed by atoms with Gasteiger partial charge in [0.1, 0.15) is 47.2 Å². The minimum Gasteiger partial charge on any atom is -0.493 e. The van der Waals surface area contributed by atoms with Gasteiger partial charge >= 0.3 is 0 Å². The van der Waals surface area contributed by atoms with Crippen LogP contribution >= 0.6 is 0 Å². The molecule has 45 heavy (non-hydrogen) atoms. The molecule has 246 valence electrons. The fourth-order valence-electron chi connectivity index (χ4n) is 5.94. The molecule has 0 aliphatic carbocycles. The monoisotopic (exact) mass is 653 g/mol. The summed E-state index contributed by atoms with van der Waals surface area (Å²) in [6.45, 7) is 1.66. The van der Waals surface area contributed by atoms with Gasteiger partial charge in [0.25, 0.3) is 5.09 Å². The van der Waals surface area contributed by atoms with E-state index < -0.39 is 76.1 Å². The van der Waals surface area contributed by atoms with E-state index in [1.807, 2.05) is 0 Å². The van der Waals surface area contributed by atoms with E-state index in [2.05, 4.69) is 10.2 Å². The number of fused-ring (bicyclic) bond motifs is 2. The highest BCUT2D eigenvalue weighted by Crippen LogP contribution is 2.48. The molecule has 3 aliphatic heterocycles. The Bertz CT molecular complexity index is 1520. The minimum absolute atomic E-state index is 0.0406. The molecule has 1 amide bonds. The van der Waals surface area contributed by atoms with E-state index in [-0.39, 0.29) is 30.0 Å². The van der Waals surface area contributed by atoms with Gasteiger partial charge < -0.3 is 44.1 Å². The van der Waals surface area contributed by atoms with Gasteiger partial charge in [0.2, 0.25) is 5.91 Å². The van der Waals surface area contributed by atoms with E-state index in [1.165, 1.54) is 18.1 Å². The van der Waals surface area contributed by atoms with Crippen LogP contribution in [0.1, 0.15) is 42.1 Å². The molecule has 0 saturated carbocycles. The lowest BCUT2D eigenvalue weighted by Crippen LogP contribution is -2.36. The van der Waals surface area contributed by atoms with Crippen molar-refractivity contribution in [2.75, 3.05) is 50.9 Å². The van der Waals surface area contributed by atoms with Crippen molar-refractivity contribution in [2.45, 2.75) is 49.8 Å². The van der Waals surface area contributed by atoms with E-state index in [0.29, 0.717) is 23.7 Å². The topological polar surface area (TPSA) is 205 Å². The second kappa shape index (κ2) is 13.4. The van der Waals surface area contributed by atoms with E-state index in [1.54, 1.807) is 37.3 Å². The fourth-order valence-corrected chi connectivity index (χ4v) is 6.88. The number of hydrogen-bond donors (Lipinski definition) is 3. The Labute approximate surface area is 258 Å². The zero-order valence-electron chi connectivity index (χ0n) is 24.7. The number of rotatable bonds is 13. The first-order chi connectivity index (χ1) is 21.4. The minimum atomic E-state index is -3.63. The van der Waals surface area contributed by atoms with Crippen LogP contribution in [-0.2, 0) is 33.7 Å². The standard InChI is InChI=1S/C28H35N3O13S/c1-4-40-20-10-15(8-9-19(20)39-2)18(14-45(3,37)38)30-27(33)16-6-5-7-17(24(16)28(30)34)29-23(32)13-41-21-11-42-26-22(44-31(35)36)12-43-25(21)26/h5-10,18,21-22,25-28,33-34H,4,11-14H2,1-3H3,(H,29,32)/t18-,21+,22-,25?,26?,27?,28?/m1/s1. The number of nitrogens with one attached hydrogen (secondary N) is 1. The molecule has 2 aromatic carbocycles. The maximum Gasteiger partial charge on any atom is 0.294 e. The lowest BCUT2D eigenvalue weighted by Gasteiger charge is -2.33. The maximum absolute atomic E-state index is 12.9. The van der Waals surface area contributed by atoms with Crippen LogP contribution in [0.5, 0.6) is 11.5 Å². The second-order valence-corrected chi connectivity index (χ2v) is 13.0. The third kappa shape index (κ3) is 6.99. The van der Waals surface area contributed by atoms with Crippen LogP contribution < -0.4 is 14.8 Å². The Hall–Kier alpha value is -3.58. The summed E-state index contributed by atoms with van der Waals surface area (Å²) in [5.41, 5.74) is 1.11. The van der Waals surface area contributed by atoms with E-state index in [0.717, 1.165) is 6.26 Å². The van der Waals surface area contributed by atoms with Gasteiger partial charge in [-0.15, -0.1) is 10.1 Å². The van der Waals surface area contributed by atoms with Gasteiger partial charge in [0, 0.05) is 23.1 Å². The number of anilines is 1. The number of methoxy groups -OCH3 is 1. The number of benzene rings is 2. The summed E-state index contributed by atoms with van der Waals surface area (Å²) in [5.74, 6) is -0.232. The molecule has 5 rings (SSSR count). The van der Waals surface area contributed by atoms with Crippen molar-refractivity contribution in [1.29, 1.82) is 0 Å². The number of carbonyl (C=O) groups is 1. The number of sulfone groups is 1. The molecule has 0 aromatic heterocycles. The first-order valence-electron chi connectivity index (χ1n) is 14.1. The summed E-state index contributed by atoms with van der Waals surface area (Å²) in [6.07, 6.45) is -4.80. The lowest BCUT2D eigenvalue weighted by atomic mass is 10.1. The quantitative estimate of drug-likeness (QED) is 0.203. The lowest BCUT2D eigenvalue weighted by molar-refractivity contribution is -0.769. The highest BCUT2D eigenvalue weighted by atomic mass is 32.2. The summed E-state index contributed by atoms with van der Waals surface area (Å²) in [6, 6.07) is 8.54. The number of aliphatic hydroxyl groups is 2. The van der Waals surface area contributed by atoms with E-state index >= 15 is 0 Å². The molecule has 7 atom stereocenters. The molecule has 4 unspecified atom stereocenters. The number of carbonyl (C=O) groups excluding carboxylic acids is 1. The third-order valence-corrected chi connectivity index (χ3v) is 8.74. The first-order valence-corrected chi connectivity index (χ1v) is 16.2. The molecular weight excluding hydrogens is 618 g/mol. The highest BCUT2D eigenvalue weighted by molar-refractivity contribution is 7.90. The number of amides is 1. The van der Waals surface area contributed by atoms with Gasteiger partial charge in [-0.25, -0.2) is 13.3 Å². The first kappa shape index (κ1) is 32.8. The van der Waals surface area contributed by atoms with Crippen LogP contribution in [0.2, 0.25) is 0 Å². The summed E-state index contributed by atoms with van der Waals surface area (Å²) in [5, 5.41) is 35.4. The molecule has 0 bridgehead atoms. The van der Waals surface area contributed by atoms with E-state index in [9.17, 15) is 33.5 Å². The molecule has 3 aliphatic rings. The molecule has 17 heteroatoms. The van der Waals surface area contributed by atoms with Crippen molar-refractivity contribution < 1.29 is 57.0 Å². The van der Waals surface area contributed by atoms with Crippen molar-refractivity contribution in [1.82, 2.24) is 4.90 Å². The molecule has 2 aromatic rings. The van der Waals surface area contributed by atoms with Gasteiger partial charge in [0.15, 0.2) is 17.6 Å². The second-order valence-electron chi connectivity index (χ2n) is 10.8. The molecule has 16 nitrogen and oxygen atoms in total. The van der Waals surface area contributed by atoms with Crippen LogP contribution in [-0.4, -0.2) is 104 Å². The van der Waals surface area contributed by atoms with Gasteiger partial charge in [-0.3, -0.25) is 4.79 Å². The zero-order chi connectivity index (χ0) is 32.5. The van der Waals surface area contributed by atoms with E-state index in [4.69, 9.17) is 23.7 Å².